The molecule has 0 unspecified atom stereocenters. The van der Waals surface area contributed by atoms with Crippen molar-refractivity contribution in [1.29, 1.82) is 0 Å². The van der Waals surface area contributed by atoms with E-state index in [0.29, 0.717) is 29.4 Å². The molecule has 1 heterocycles. The van der Waals surface area contributed by atoms with Gasteiger partial charge in [0.25, 0.3) is 11.5 Å². The molecular formula is C19H15Cl2FN2O3. The topological polar surface area (TPSA) is 82.2 Å². The van der Waals surface area contributed by atoms with Gasteiger partial charge in [0.15, 0.2) is 5.75 Å². The molecule has 27 heavy (non-hydrogen) atoms. The van der Waals surface area contributed by atoms with Crippen LogP contribution in [0.4, 0.5) is 4.39 Å². The smallest absolute Gasteiger partial charge is 0.291 e. The maximum Gasteiger partial charge on any atom is 0.291 e. The monoisotopic (exact) mass is 408 g/mol. The van der Waals surface area contributed by atoms with Crippen molar-refractivity contribution in [2.45, 2.75) is 12.8 Å². The van der Waals surface area contributed by atoms with Crippen molar-refractivity contribution in [2.24, 2.45) is 0 Å². The van der Waals surface area contributed by atoms with Gasteiger partial charge in [-0.1, -0.05) is 29.3 Å². The van der Waals surface area contributed by atoms with Crippen molar-refractivity contribution in [3.8, 4) is 5.75 Å². The number of carbonyl (C=O) groups excluding carboxylic acids is 1. The average molecular weight is 409 g/mol. The number of hydrogen-bond donors (Lipinski definition) is 3. The third-order valence-corrected chi connectivity index (χ3v) is 4.83. The fraction of sp³-hybridized carbons (Fsp3) is 0.158. The summed E-state index contributed by atoms with van der Waals surface area (Å²) < 4.78 is 13.5. The largest absolute Gasteiger partial charge is 0.502 e. The van der Waals surface area contributed by atoms with Gasteiger partial charge < -0.3 is 15.4 Å². The number of fused-ring (bicyclic) bond motifs is 1. The van der Waals surface area contributed by atoms with Crippen LogP contribution in [0.3, 0.4) is 0 Å². The molecule has 2 aromatic carbocycles. The summed E-state index contributed by atoms with van der Waals surface area (Å²) in [6, 6.07) is 8.89. The van der Waals surface area contributed by atoms with Crippen molar-refractivity contribution < 1.29 is 14.3 Å². The summed E-state index contributed by atoms with van der Waals surface area (Å²) in [6.07, 6.45) is 1.24. The molecule has 3 N–H and O–H groups in total. The molecule has 0 bridgehead atoms. The first-order valence-corrected chi connectivity index (χ1v) is 8.89. The molecular weight excluding hydrogens is 394 g/mol. The fourth-order valence-electron chi connectivity index (χ4n) is 2.76. The van der Waals surface area contributed by atoms with Crippen LogP contribution < -0.4 is 10.9 Å². The van der Waals surface area contributed by atoms with Crippen LogP contribution in [0.1, 0.15) is 22.3 Å². The van der Waals surface area contributed by atoms with E-state index in [4.69, 9.17) is 23.2 Å². The number of rotatable bonds is 5. The summed E-state index contributed by atoms with van der Waals surface area (Å²) in [5, 5.41) is 13.7. The van der Waals surface area contributed by atoms with Gasteiger partial charge in [-0.15, -0.1) is 0 Å². The number of amides is 1. The number of halogens is 3. The average Bonchev–Trinajstić information content (AvgIpc) is 2.63. The molecule has 0 saturated heterocycles. The van der Waals surface area contributed by atoms with Crippen molar-refractivity contribution in [2.75, 3.05) is 6.54 Å². The first-order chi connectivity index (χ1) is 12.9. The van der Waals surface area contributed by atoms with E-state index in [2.05, 4.69) is 10.3 Å². The highest BCUT2D eigenvalue weighted by atomic mass is 35.5. The van der Waals surface area contributed by atoms with Crippen LogP contribution in [-0.4, -0.2) is 22.5 Å². The molecule has 8 heteroatoms. The fourth-order valence-corrected chi connectivity index (χ4v) is 3.08. The van der Waals surface area contributed by atoms with Crippen LogP contribution in [0, 0.1) is 5.82 Å². The molecule has 0 aliphatic heterocycles. The lowest BCUT2D eigenvalue weighted by Crippen LogP contribution is -2.27. The summed E-state index contributed by atoms with van der Waals surface area (Å²) in [4.78, 5) is 26.7. The molecule has 140 valence electrons. The lowest BCUT2D eigenvalue weighted by atomic mass is 10.1. The lowest BCUT2D eigenvalue weighted by Gasteiger charge is -2.10. The third-order valence-electron chi connectivity index (χ3n) is 4.09. The second-order valence-electron chi connectivity index (χ2n) is 5.98. The Kier molecular flexibility index (Phi) is 5.68. The Hall–Kier alpha value is -2.57. The quantitative estimate of drug-likeness (QED) is 0.557. The van der Waals surface area contributed by atoms with Gasteiger partial charge in [-0.3, -0.25) is 9.59 Å². The zero-order valence-electron chi connectivity index (χ0n) is 14.0. The van der Waals surface area contributed by atoms with E-state index >= 15 is 0 Å². The van der Waals surface area contributed by atoms with Crippen LogP contribution in [0.5, 0.6) is 5.75 Å². The SMILES string of the molecule is O=C(NCCCc1ccc(Cl)c(Cl)c1)c1c(O)c(=O)[nH]c2ccc(F)cc12. The van der Waals surface area contributed by atoms with Crippen LogP contribution in [0.2, 0.25) is 10.0 Å². The lowest BCUT2D eigenvalue weighted by molar-refractivity contribution is 0.0952. The summed E-state index contributed by atoms with van der Waals surface area (Å²) in [5.74, 6) is -1.97. The molecule has 3 rings (SSSR count). The van der Waals surface area contributed by atoms with Crippen molar-refractivity contribution in [3.05, 3.63) is 73.7 Å². The minimum absolute atomic E-state index is 0.133. The van der Waals surface area contributed by atoms with E-state index in [-0.39, 0.29) is 16.5 Å². The maximum absolute atomic E-state index is 13.5. The number of H-pyrrole nitrogens is 1. The standard InChI is InChI=1S/C19H15Cl2FN2O3/c20-13-5-3-10(8-14(13)21)2-1-7-23-18(26)16-12-9-11(22)4-6-15(12)24-19(27)17(16)25/h3-6,8-9,25H,1-2,7H2,(H,23,26)(H,24,27). The van der Waals surface area contributed by atoms with Gasteiger partial charge in [0.2, 0.25) is 0 Å². The van der Waals surface area contributed by atoms with Crippen LogP contribution >= 0.6 is 23.2 Å². The second-order valence-corrected chi connectivity index (χ2v) is 6.79. The van der Waals surface area contributed by atoms with E-state index in [9.17, 15) is 19.1 Å². The summed E-state index contributed by atoms with van der Waals surface area (Å²) in [6.45, 7) is 0.294. The molecule has 3 aromatic rings. The number of hydrogen-bond acceptors (Lipinski definition) is 3. The normalized spacial score (nSPS) is 10.9. The second kappa shape index (κ2) is 7.98. The summed E-state index contributed by atoms with van der Waals surface area (Å²) >= 11 is 11.8. The number of aromatic nitrogens is 1. The Balaban J connectivity index is 1.72. The first-order valence-electron chi connectivity index (χ1n) is 8.13. The minimum atomic E-state index is -0.810. The Morgan fingerprint density at radius 2 is 1.93 bits per heavy atom. The number of aromatic amines is 1. The molecule has 0 spiro atoms. The summed E-state index contributed by atoms with van der Waals surface area (Å²) in [5.41, 5.74) is 0.170. The Bertz CT molecular complexity index is 1080. The molecule has 1 aromatic heterocycles. The highest BCUT2D eigenvalue weighted by Crippen LogP contribution is 2.24. The van der Waals surface area contributed by atoms with Crippen LogP contribution in [-0.2, 0) is 6.42 Å². The van der Waals surface area contributed by atoms with Gasteiger partial charge in [0.05, 0.1) is 15.6 Å². The molecule has 0 aliphatic rings. The maximum atomic E-state index is 13.5. The Labute approximate surface area is 163 Å². The van der Waals surface area contributed by atoms with Crippen molar-refractivity contribution >= 4 is 40.0 Å². The highest BCUT2D eigenvalue weighted by Gasteiger charge is 2.19. The molecule has 0 saturated carbocycles. The van der Waals surface area contributed by atoms with Crippen molar-refractivity contribution in [3.63, 3.8) is 0 Å². The number of benzene rings is 2. The molecule has 0 fully saturated rings. The summed E-state index contributed by atoms with van der Waals surface area (Å²) in [7, 11) is 0. The van der Waals surface area contributed by atoms with Gasteiger partial charge in [-0.25, -0.2) is 4.39 Å². The number of pyridine rings is 1. The van der Waals surface area contributed by atoms with Crippen LogP contribution in [0.25, 0.3) is 10.9 Å². The van der Waals surface area contributed by atoms with Gasteiger partial charge in [-0.05, 0) is 48.7 Å². The van der Waals surface area contributed by atoms with Gasteiger partial charge in [0, 0.05) is 17.4 Å². The predicted octanol–water partition coefficient (Wildman–Crippen LogP) is 4.04. The van der Waals surface area contributed by atoms with E-state index in [0.717, 1.165) is 17.7 Å². The van der Waals surface area contributed by atoms with Gasteiger partial charge in [-0.2, -0.15) is 0 Å². The molecule has 1 amide bonds. The molecule has 0 radical (unpaired) electrons. The van der Waals surface area contributed by atoms with E-state index in [1.165, 1.54) is 6.07 Å². The van der Waals surface area contributed by atoms with Crippen molar-refractivity contribution in [1.82, 2.24) is 10.3 Å². The first kappa shape index (κ1) is 19.2. The van der Waals surface area contributed by atoms with Gasteiger partial charge >= 0.3 is 0 Å². The number of aromatic hydroxyl groups is 1. The Morgan fingerprint density at radius 3 is 2.67 bits per heavy atom. The number of nitrogens with one attached hydrogen (secondary N) is 2. The molecule has 0 aliphatic carbocycles. The van der Waals surface area contributed by atoms with Gasteiger partial charge in [0.1, 0.15) is 5.82 Å². The minimum Gasteiger partial charge on any atom is -0.502 e. The van der Waals surface area contributed by atoms with E-state index in [1.54, 1.807) is 12.1 Å². The zero-order valence-corrected chi connectivity index (χ0v) is 15.5. The third kappa shape index (κ3) is 4.23. The number of carbonyl (C=O) groups is 1. The predicted molar refractivity (Wildman–Crippen MR) is 103 cm³/mol. The molecule has 5 nitrogen and oxygen atoms in total. The Morgan fingerprint density at radius 1 is 1.15 bits per heavy atom. The van der Waals surface area contributed by atoms with Crippen LogP contribution in [0.15, 0.2) is 41.2 Å². The van der Waals surface area contributed by atoms with E-state index in [1.807, 2.05) is 6.07 Å². The zero-order chi connectivity index (χ0) is 19.6. The highest BCUT2D eigenvalue weighted by molar-refractivity contribution is 6.42. The number of aryl methyl sites for hydroxylation is 1. The van der Waals surface area contributed by atoms with E-state index < -0.39 is 23.0 Å². The molecule has 0 atom stereocenters.